The average Bonchev–Trinajstić information content (AvgIpc) is 3.12. The highest BCUT2D eigenvalue weighted by molar-refractivity contribution is 5.83. The highest BCUT2D eigenvalue weighted by atomic mass is 16.4. The van der Waals surface area contributed by atoms with Crippen molar-refractivity contribution < 1.29 is 19.8 Å². The number of fused-ring (bicyclic) bond motifs is 1. The number of hydrogen-bond donors (Lipinski definition) is 2. The molecule has 4 bridgehead atoms. The van der Waals surface area contributed by atoms with Crippen LogP contribution in [0.15, 0.2) is 24.3 Å². The van der Waals surface area contributed by atoms with E-state index in [0.717, 1.165) is 6.42 Å². The minimum absolute atomic E-state index is 0.217. The summed E-state index contributed by atoms with van der Waals surface area (Å²) in [5, 5.41) is 19.2. The van der Waals surface area contributed by atoms with Crippen LogP contribution < -0.4 is 0 Å². The first-order valence-corrected chi connectivity index (χ1v) is 8.45. The van der Waals surface area contributed by atoms with E-state index in [1.165, 1.54) is 11.1 Å². The van der Waals surface area contributed by atoms with Crippen molar-refractivity contribution in [1.29, 1.82) is 0 Å². The van der Waals surface area contributed by atoms with Crippen LogP contribution >= 0.6 is 0 Å². The van der Waals surface area contributed by atoms with Crippen LogP contribution in [0.4, 0.5) is 0 Å². The fourth-order valence-electron chi connectivity index (χ4n) is 5.77. The van der Waals surface area contributed by atoms with Crippen molar-refractivity contribution >= 4 is 11.9 Å². The molecular weight excluding hydrogens is 304 g/mol. The fourth-order valence-corrected chi connectivity index (χ4v) is 5.77. The lowest BCUT2D eigenvalue weighted by molar-refractivity contribution is -0.198. The number of hydrogen-bond acceptors (Lipinski definition) is 2. The van der Waals surface area contributed by atoms with Crippen molar-refractivity contribution in [2.24, 2.45) is 28.6 Å². The summed E-state index contributed by atoms with van der Waals surface area (Å²) in [6.07, 6.45) is 8.73. The Bertz CT molecular complexity index is 707. The fraction of sp³-hybridized carbons (Fsp3) is 0.500. The van der Waals surface area contributed by atoms with Crippen LogP contribution in [0.3, 0.4) is 0 Å². The van der Waals surface area contributed by atoms with Crippen molar-refractivity contribution in [1.82, 2.24) is 0 Å². The monoisotopic (exact) mass is 324 g/mol. The molecule has 0 aromatic carbocycles. The summed E-state index contributed by atoms with van der Waals surface area (Å²) in [6, 6.07) is 8.48. The molecule has 0 aliphatic heterocycles. The van der Waals surface area contributed by atoms with Crippen LogP contribution in [0.25, 0.3) is 11.1 Å². The van der Waals surface area contributed by atoms with E-state index in [2.05, 4.69) is 30.2 Å². The smallest absolute Gasteiger partial charge is 0.310 e. The zero-order valence-corrected chi connectivity index (χ0v) is 13.4. The van der Waals surface area contributed by atoms with Gasteiger partial charge in [-0.1, -0.05) is 18.2 Å². The minimum atomic E-state index is -0.989. The normalized spacial score (nSPS) is 39.4. The zero-order valence-electron chi connectivity index (χ0n) is 13.4. The Hall–Kier alpha value is -2.28. The summed E-state index contributed by atoms with van der Waals surface area (Å²) < 4.78 is 0. The van der Waals surface area contributed by atoms with Crippen molar-refractivity contribution in [3.8, 4) is 23.5 Å². The maximum absolute atomic E-state index is 11.7. The van der Waals surface area contributed by atoms with E-state index in [1.54, 1.807) is 0 Å². The lowest BCUT2D eigenvalue weighted by Crippen LogP contribution is -2.63. The molecule has 6 aliphatic rings. The average molecular weight is 324 g/mol. The standard InChI is InChI=1S/C14H16O4.C6H4/c1-2-10-13(11(15)16)4-8-3-9(6-13)7-14(10,5-8)12(17)18;1-2-5-4-6(5)3-1/h1,8-10H,3-7H2,(H,15,16)(H,17,18);1-4H. The highest BCUT2D eigenvalue weighted by Gasteiger charge is 2.69. The number of benzene rings is 1. The van der Waals surface area contributed by atoms with Gasteiger partial charge < -0.3 is 10.2 Å². The van der Waals surface area contributed by atoms with Gasteiger partial charge in [0.2, 0.25) is 0 Å². The Labute approximate surface area is 140 Å². The number of rotatable bonds is 2. The molecule has 0 saturated heterocycles. The van der Waals surface area contributed by atoms with Gasteiger partial charge >= 0.3 is 11.9 Å². The Morgan fingerprint density at radius 3 is 1.71 bits per heavy atom. The van der Waals surface area contributed by atoms with Crippen LogP contribution in [0.5, 0.6) is 0 Å². The topological polar surface area (TPSA) is 74.6 Å². The van der Waals surface area contributed by atoms with Gasteiger partial charge in [0.25, 0.3) is 0 Å². The SMILES string of the molecule is C#CC1C2(C(=O)O)CC3CC(C2)CC1(C(=O)O)C3.c1cc2cc-2c1. The van der Waals surface area contributed by atoms with Gasteiger partial charge in [0.05, 0.1) is 16.7 Å². The first-order valence-electron chi connectivity index (χ1n) is 8.45. The molecule has 0 unspecified atom stereocenters. The number of terminal acetylenes is 1. The van der Waals surface area contributed by atoms with Gasteiger partial charge in [0.15, 0.2) is 0 Å². The van der Waals surface area contributed by atoms with Crippen LogP contribution in [-0.4, -0.2) is 22.2 Å². The summed E-state index contributed by atoms with van der Waals surface area (Å²) in [5.41, 5.74) is 0.874. The van der Waals surface area contributed by atoms with E-state index in [9.17, 15) is 19.8 Å². The number of carbonyl (C=O) groups is 2. The second-order valence-corrected chi connectivity index (χ2v) is 7.89. The number of carboxylic acids is 2. The molecule has 4 heteroatoms. The molecule has 24 heavy (non-hydrogen) atoms. The van der Waals surface area contributed by atoms with Crippen LogP contribution in [0.1, 0.15) is 32.1 Å². The second-order valence-electron chi connectivity index (χ2n) is 7.89. The van der Waals surface area contributed by atoms with Crippen molar-refractivity contribution in [3.63, 3.8) is 0 Å². The van der Waals surface area contributed by atoms with Crippen LogP contribution in [0, 0.1) is 40.9 Å². The summed E-state index contributed by atoms with van der Waals surface area (Å²) >= 11 is 0. The van der Waals surface area contributed by atoms with Crippen molar-refractivity contribution in [3.05, 3.63) is 24.3 Å². The molecule has 2 N–H and O–H groups in total. The molecule has 0 heterocycles. The van der Waals surface area contributed by atoms with Gasteiger partial charge in [0.1, 0.15) is 0 Å². The van der Waals surface area contributed by atoms with Crippen LogP contribution in [-0.2, 0) is 9.59 Å². The zero-order chi connectivity index (χ0) is 17.1. The first kappa shape index (κ1) is 15.3. The third-order valence-electron chi connectivity index (χ3n) is 6.51. The second kappa shape index (κ2) is 4.86. The molecule has 0 amide bonds. The van der Waals surface area contributed by atoms with Gasteiger partial charge in [-0.3, -0.25) is 9.59 Å². The predicted octanol–water partition coefficient (Wildman–Crippen LogP) is 3.27. The van der Waals surface area contributed by atoms with Crippen molar-refractivity contribution in [2.75, 3.05) is 0 Å². The molecule has 124 valence electrons. The molecule has 0 aromatic rings. The third-order valence-corrected chi connectivity index (χ3v) is 6.51. The van der Waals surface area contributed by atoms with Gasteiger partial charge in [-0.05, 0) is 61.1 Å². The lowest BCUT2D eigenvalue weighted by atomic mass is 9.39. The maximum atomic E-state index is 11.7. The molecule has 0 radical (unpaired) electrons. The van der Waals surface area contributed by atoms with Gasteiger partial charge in [-0.2, -0.15) is 0 Å². The molecule has 4 saturated carbocycles. The quantitative estimate of drug-likeness (QED) is 0.832. The van der Waals surface area contributed by atoms with Gasteiger partial charge in [-0.15, -0.1) is 12.3 Å². The maximum Gasteiger partial charge on any atom is 0.310 e. The number of aliphatic carboxylic acids is 2. The Balaban J connectivity index is 0.000000201. The van der Waals surface area contributed by atoms with E-state index in [0.29, 0.717) is 25.7 Å². The summed E-state index contributed by atoms with van der Waals surface area (Å²) in [6.45, 7) is 0. The molecule has 4 nitrogen and oxygen atoms in total. The Morgan fingerprint density at radius 1 is 1.00 bits per heavy atom. The molecule has 4 fully saturated rings. The van der Waals surface area contributed by atoms with E-state index < -0.39 is 28.7 Å². The van der Waals surface area contributed by atoms with Gasteiger partial charge in [0, 0.05) is 0 Å². The lowest BCUT2D eigenvalue weighted by Gasteiger charge is -2.61. The summed E-state index contributed by atoms with van der Waals surface area (Å²) in [5.74, 6) is 0.508. The molecule has 6 rings (SSSR count). The predicted molar refractivity (Wildman–Crippen MR) is 88.0 cm³/mol. The summed E-state index contributed by atoms with van der Waals surface area (Å²) in [4.78, 5) is 23.4. The highest BCUT2D eigenvalue weighted by Crippen LogP contribution is 2.68. The van der Waals surface area contributed by atoms with E-state index >= 15 is 0 Å². The third kappa shape index (κ3) is 1.94. The molecule has 0 spiro atoms. The number of carboxylic acid groups (broad SMARTS) is 2. The largest absolute Gasteiger partial charge is 0.481 e. The van der Waals surface area contributed by atoms with Gasteiger partial charge in [-0.25, -0.2) is 0 Å². The van der Waals surface area contributed by atoms with E-state index in [1.807, 2.05) is 0 Å². The molecule has 6 aliphatic carbocycles. The molecule has 0 aromatic heterocycles. The Morgan fingerprint density at radius 2 is 1.46 bits per heavy atom. The summed E-state index contributed by atoms with van der Waals surface area (Å²) in [7, 11) is 0. The van der Waals surface area contributed by atoms with E-state index in [4.69, 9.17) is 6.42 Å². The molecule has 0 atom stereocenters. The van der Waals surface area contributed by atoms with Crippen molar-refractivity contribution in [2.45, 2.75) is 32.1 Å². The van der Waals surface area contributed by atoms with E-state index in [-0.39, 0.29) is 11.8 Å². The minimum Gasteiger partial charge on any atom is -0.481 e. The molecular formula is C20H20O4. The first-order chi connectivity index (χ1) is 11.4. The Kier molecular flexibility index (Phi) is 3.09. The van der Waals surface area contributed by atoms with Crippen LogP contribution in [0.2, 0.25) is 0 Å².